The third-order valence-electron chi connectivity index (χ3n) is 7.73. The van der Waals surface area contributed by atoms with Gasteiger partial charge in [0.25, 0.3) is 5.56 Å². The fourth-order valence-corrected chi connectivity index (χ4v) is 5.84. The minimum atomic E-state index is -4.38. The van der Waals surface area contributed by atoms with Crippen LogP contribution >= 0.6 is 0 Å². The lowest BCUT2D eigenvalue weighted by Gasteiger charge is -2.30. The number of aryl methyl sites for hydroxylation is 2. The first kappa shape index (κ1) is 26.8. The van der Waals surface area contributed by atoms with Crippen LogP contribution in [0.3, 0.4) is 0 Å². The molecule has 9 heteroatoms. The van der Waals surface area contributed by atoms with E-state index < -0.39 is 12.6 Å². The summed E-state index contributed by atoms with van der Waals surface area (Å²) in [7, 11) is 1.63. The lowest BCUT2D eigenvalue weighted by Crippen LogP contribution is -2.29. The first-order valence-electron chi connectivity index (χ1n) is 13.1. The van der Waals surface area contributed by atoms with Crippen molar-refractivity contribution in [1.82, 2.24) is 19.5 Å². The van der Waals surface area contributed by atoms with Crippen LogP contribution in [0.15, 0.2) is 53.6 Å². The van der Waals surface area contributed by atoms with Gasteiger partial charge in [-0.2, -0.15) is 13.2 Å². The fourth-order valence-electron chi connectivity index (χ4n) is 5.84. The third kappa shape index (κ3) is 5.67. The maximum absolute atomic E-state index is 13.9. The third-order valence-corrected chi connectivity index (χ3v) is 7.73. The molecule has 0 unspecified atom stereocenters. The molecule has 6 nitrogen and oxygen atoms in total. The van der Waals surface area contributed by atoms with Crippen molar-refractivity contribution < 1.29 is 17.9 Å². The Hall–Kier alpha value is -3.75. The predicted octanol–water partition coefficient (Wildman–Crippen LogP) is 6.41. The van der Waals surface area contributed by atoms with Gasteiger partial charge in [0.05, 0.1) is 25.8 Å². The van der Waals surface area contributed by atoms with E-state index in [1.165, 1.54) is 22.9 Å². The van der Waals surface area contributed by atoms with Crippen molar-refractivity contribution in [2.24, 2.45) is 0 Å². The van der Waals surface area contributed by atoms with Crippen LogP contribution in [0.5, 0.6) is 5.88 Å². The van der Waals surface area contributed by atoms with Gasteiger partial charge in [-0.05, 0) is 92.8 Å². The topological polar surface area (TPSA) is 69.9 Å². The molecule has 1 aliphatic rings. The van der Waals surface area contributed by atoms with Crippen molar-refractivity contribution in [3.63, 3.8) is 0 Å². The largest absolute Gasteiger partial charge is 0.481 e. The molecule has 5 rings (SSSR count). The lowest BCUT2D eigenvalue weighted by atomic mass is 9.75. The summed E-state index contributed by atoms with van der Waals surface area (Å²) in [5.74, 6) is 0.973. The zero-order chi connectivity index (χ0) is 27.7. The summed E-state index contributed by atoms with van der Waals surface area (Å²) in [6.07, 6.45) is 1.11. The monoisotopic (exact) mass is 536 g/mol. The number of methoxy groups -OCH3 is 1. The first-order valence-corrected chi connectivity index (χ1v) is 13.1. The summed E-state index contributed by atoms with van der Waals surface area (Å²) >= 11 is 0. The van der Waals surface area contributed by atoms with Crippen molar-refractivity contribution in [3.8, 4) is 5.88 Å². The number of hydrogen-bond acceptors (Lipinski definition) is 5. The van der Waals surface area contributed by atoms with Crippen LogP contribution in [0.4, 0.5) is 13.2 Å². The van der Waals surface area contributed by atoms with Gasteiger partial charge in [0.1, 0.15) is 5.65 Å². The van der Waals surface area contributed by atoms with Crippen molar-refractivity contribution in [2.45, 2.75) is 70.5 Å². The Morgan fingerprint density at radius 2 is 1.74 bits per heavy atom. The minimum Gasteiger partial charge on any atom is -0.481 e. The normalized spacial score (nSPS) is 17.9. The highest BCUT2D eigenvalue weighted by Gasteiger charge is 2.31. The van der Waals surface area contributed by atoms with Gasteiger partial charge >= 0.3 is 6.18 Å². The highest BCUT2D eigenvalue weighted by molar-refractivity contribution is 5.76. The van der Waals surface area contributed by atoms with Gasteiger partial charge in [0, 0.05) is 34.6 Å². The van der Waals surface area contributed by atoms with Crippen LogP contribution in [0.2, 0.25) is 0 Å². The van der Waals surface area contributed by atoms with E-state index >= 15 is 0 Å². The molecule has 0 radical (unpaired) electrons. The zero-order valence-electron chi connectivity index (χ0n) is 22.3. The number of nitrogens with zero attached hydrogens (tertiary/aromatic N) is 4. The van der Waals surface area contributed by atoms with Crippen LogP contribution in [-0.4, -0.2) is 32.8 Å². The first-order chi connectivity index (χ1) is 18.6. The van der Waals surface area contributed by atoms with E-state index in [0.717, 1.165) is 47.9 Å². The Balaban J connectivity index is 1.50. The van der Waals surface area contributed by atoms with Crippen molar-refractivity contribution in [2.75, 3.05) is 7.11 Å². The second-order valence-electron chi connectivity index (χ2n) is 10.4. The van der Waals surface area contributed by atoms with E-state index in [9.17, 15) is 18.0 Å². The van der Waals surface area contributed by atoms with Crippen molar-refractivity contribution in [3.05, 3.63) is 92.8 Å². The number of aromatic nitrogens is 4. The SMILES string of the molecule is COc1nccc(C)c1C1CCC(c2cc3ccc(C)nc3n(Cc3ncccc3CC(F)(F)F)c2=O)CC1. The minimum absolute atomic E-state index is 0.0343. The molecule has 4 aromatic heterocycles. The molecular weight excluding hydrogens is 505 g/mol. The van der Waals surface area contributed by atoms with Crippen LogP contribution in [0.25, 0.3) is 11.0 Å². The summed E-state index contributed by atoms with van der Waals surface area (Å²) < 4.78 is 46.8. The molecule has 0 aromatic carbocycles. The van der Waals surface area contributed by atoms with E-state index in [0.29, 0.717) is 17.1 Å². The molecule has 0 bridgehead atoms. The Kier molecular flexibility index (Phi) is 7.42. The van der Waals surface area contributed by atoms with Crippen LogP contribution in [0, 0.1) is 13.8 Å². The standard InChI is InChI=1S/C30H31F3N4O2/c1-18-12-14-35-28(39-3)26(18)21-10-8-20(9-11-21)24-15-22-7-6-19(2)36-27(22)37(29(24)38)17-25-23(5-4-13-34-25)16-30(31,32)33/h4-7,12-15,20-21H,8-11,16-17H2,1-3H3. The van der Waals surface area contributed by atoms with Gasteiger partial charge in [0.15, 0.2) is 0 Å². The molecule has 0 aliphatic heterocycles. The molecule has 39 heavy (non-hydrogen) atoms. The number of rotatable bonds is 6. The molecule has 4 aromatic rings. The van der Waals surface area contributed by atoms with E-state index in [1.807, 2.05) is 31.2 Å². The molecule has 1 saturated carbocycles. The second kappa shape index (κ2) is 10.8. The molecule has 0 atom stereocenters. The summed E-state index contributed by atoms with van der Waals surface area (Å²) in [6.45, 7) is 3.81. The predicted molar refractivity (Wildman–Crippen MR) is 143 cm³/mol. The molecular formula is C30H31F3N4O2. The average Bonchev–Trinajstić information content (AvgIpc) is 2.90. The van der Waals surface area contributed by atoms with E-state index in [-0.39, 0.29) is 35.2 Å². The second-order valence-corrected chi connectivity index (χ2v) is 10.4. The Morgan fingerprint density at radius 3 is 2.46 bits per heavy atom. The maximum atomic E-state index is 13.9. The molecule has 0 N–H and O–H groups in total. The van der Waals surface area contributed by atoms with Crippen LogP contribution < -0.4 is 10.3 Å². The summed E-state index contributed by atoms with van der Waals surface area (Å²) in [5.41, 5.74) is 4.19. The number of pyridine rings is 4. The van der Waals surface area contributed by atoms with Gasteiger partial charge < -0.3 is 4.74 Å². The fraction of sp³-hybridized carbons (Fsp3) is 0.400. The van der Waals surface area contributed by atoms with Gasteiger partial charge in [0.2, 0.25) is 5.88 Å². The number of hydrogen-bond donors (Lipinski definition) is 0. The van der Waals surface area contributed by atoms with Gasteiger partial charge in [-0.15, -0.1) is 0 Å². The quantitative estimate of drug-likeness (QED) is 0.285. The van der Waals surface area contributed by atoms with Gasteiger partial charge in [-0.25, -0.2) is 9.97 Å². The van der Waals surface area contributed by atoms with E-state index in [1.54, 1.807) is 13.3 Å². The number of alkyl halides is 3. The van der Waals surface area contributed by atoms with E-state index in [4.69, 9.17) is 4.74 Å². The maximum Gasteiger partial charge on any atom is 0.393 e. The number of halogens is 3. The number of ether oxygens (including phenoxy) is 1. The smallest absolute Gasteiger partial charge is 0.393 e. The number of fused-ring (bicyclic) bond motifs is 1. The van der Waals surface area contributed by atoms with Crippen molar-refractivity contribution in [1.29, 1.82) is 0 Å². The molecule has 1 fully saturated rings. The average molecular weight is 537 g/mol. The molecule has 0 saturated heterocycles. The zero-order valence-corrected chi connectivity index (χ0v) is 22.3. The van der Waals surface area contributed by atoms with Gasteiger partial charge in [-0.3, -0.25) is 14.3 Å². The van der Waals surface area contributed by atoms with Crippen LogP contribution in [-0.2, 0) is 13.0 Å². The molecule has 204 valence electrons. The lowest BCUT2D eigenvalue weighted by molar-refractivity contribution is -0.127. The van der Waals surface area contributed by atoms with Gasteiger partial charge in [-0.1, -0.05) is 6.07 Å². The highest BCUT2D eigenvalue weighted by atomic mass is 19.4. The summed E-state index contributed by atoms with van der Waals surface area (Å²) in [4.78, 5) is 27.2. The Morgan fingerprint density at radius 1 is 1.00 bits per heavy atom. The Bertz CT molecular complexity index is 1560. The molecule has 4 heterocycles. The highest BCUT2D eigenvalue weighted by Crippen LogP contribution is 2.43. The molecule has 0 amide bonds. The molecule has 1 aliphatic carbocycles. The van der Waals surface area contributed by atoms with E-state index in [2.05, 4.69) is 21.9 Å². The molecule has 0 spiro atoms. The Labute approximate surface area is 224 Å². The van der Waals surface area contributed by atoms with Crippen molar-refractivity contribution >= 4 is 11.0 Å². The summed E-state index contributed by atoms with van der Waals surface area (Å²) in [5, 5.41) is 0.787. The van der Waals surface area contributed by atoms with Crippen LogP contribution in [0.1, 0.15) is 71.2 Å². The summed E-state index contributed by atoms with van der Waals surface area (Å²) in [6, 6.07) is 10.6.